The molecule has 4 aromatic rings. The Balaban J connectivity index is 1.44. The van der Waals surface area contributed by atoms with Crippen LogP contribution in [0.4, 0.5) is 5.69 Å². The molecule has 0 aliphatic rings. The average Bonchev–Trinajstić information content (AvgIpc) is 3.21. The van der Waals surface area contributed by atoms with E-state index in [1.165, 1.54) is 0 Å². The van der Waals surface area contributed by atoms with Crippen LogP contribution < -0.4 is 14.8 Å². The van der Waals surface area contributed by atoms with Crippen molar-refractivity contribution in [3.05, 3.63) is 72.3 Å². The van der Waals surface area contributed by atoms with Gasteiger partial charge in [-0.3, -0.25) is 4.79 Å². The van der Waals surface area contributed by atoms with E-state index in [1.54, 1.807) is 32.4 Å². The van der Waals surface area contributed by atoms with E-state index in [1.807, 2.05) is 48.5 Å². The number of hydrogen-bond acceptors (Lipinski definition) is 4. The number of aromatic amines is 1. The van der Waals surface area contributed by atoms with Gasteiger partial charge in [0.1, 0.15) is 17.3 Å². The summed E-state index contributed by atoms with van der Waals surface area (Å²) >= 11 is 0. The second kappa shape index (κ2) is 8.69. The van der Waals surface area contributed by atoms with Crippen molar-refractivity contribution in [3.63, 3.8) is 0 Å². The van der Waals surface area contributed by atoms with E-state index < -0.39 is 0 Å². The number of methoxy groups -OCH3 is 2. The first kappa shape index (κ1) is 19.5. The molecule has 0 saturated carbocycles. The van der Waals surface area contributed by atoms with Crippen LogP contribution in [0.3, 0.4) is 0 Å². The Bertz CT molecular complexity index is 1170. The lowest BCUT2D eigenvalue weighted by molar-refractivity contribution is -0.116. The summed E-state index contributed by atoms with van der Waals surface area (Å²) in [6.07, 6.45) is 0.972. The van der Waals surface area contributed by atoms with E-state index in [0.29, 0.717) is 30.0 Å². The average molecular weight is 401 g/mol. The fourth-order valence-electron chi connectivity index (χ4n) is 3.33. The number of benzene rings is 3. The van der Waals surface area contributed by atoms with E-state index >= 15 is 0 Å². The maximum atomic E-state index is 12.5. The molecule has 1 aromatic heterocycles. The second-order valence-corrected chi connectivity index (χ2v) is 6.92. The topological polar surface area (TPSA) is 76.2 Å². The zero-order valence-corrected chi connectivity index (χ0v) is 16.9. The molecule has 0 fully saturated rings. The molecule has 30 heavy (non-hydrogen) atoms. The molecule has 0 atom stereocenters. The first-order chi connectivity index (χ1) is 14.7. The number of aryl methyl sites for hydroxylation is 1. The van der Waals surface area contributed by atoms with Gasteiger partial charge in [0, 0.05) is 18.1 Å². The van der Waals surface area contributed by atoms with Crippen LogP contribution in [-0.4, -0.2) is 30.1 Å². The summed E-state index contributed by atoms with van der Waals surface area (Å²) in [5, 5.41) is 2.91. The minimum Gasteiger partial charge on any atom is -0.497 e. The van der Waals surface area contributed by atoms with Gasteiger partial charge in [0.05, 0.1) is 30.9 Å². The zero-order valence-electron chi connectivity index (χ0n) is 16.9. The second-order valence-electron chi connectivity index (χ2n) is 6.92. The van der Waals surface area contributed by atoms with Gasteiger partial charge in [0.25, 0.3) is 0 Å². The predicted molar refractivity (Wildman–Crippen MR) is 118 cm³/mol. The number of carbonyl (C=O) groups is 1. The molecule has 0 saturated heterocycles. The molecule has 0 bridgehead atoms. The van der Waals surface area contributed by atoms with Crippen LogP contribution in [0.15, 0.2) is 66.7 Å². The highest BCUT2D eigenvalue weighted by Crippen LogP contribution is 2.29. The number of amides is 1. The fourth-order valence-corrected chi connectivity index (χ4v) is 3.33. The molecule has 0 aliphatic heterocycles. The Morgan fingerprint density at radius 3 is 2.60 bits per heavy atom. The van der Waals surface area contributed by atoms with Crippen LogP contribution in [0.25, 0.3) is 22.4 Å². The molecule has 3 aromatic carbocycles. The predicted octanol–water partition coefficient (Wildman–Crippen LogP) is 4.82. The number of hydrogen-bond donors (Lipinski definition) is 2. The SMILES string of the molecule is COc1ccc(OC)c(NC(=O)CCc2ccc3nc(-c4ccccc4)[nH]c3c2)c1. The van der Waals surface area contributed by atoms with E-state index in [4.69, 9.17) is 9.47 Å². The molecule has 1 amide bonds. The van der Waals surface area contributed by atoms with Gasteiger partial charge < -0.3 is 19.8 Å². The van der Waals surface area contributed by atoms with Crippen LogP contribution in [0.2, 0.25) is 0 Å². The van der Waals surface area contributed by atoms with Crippen LogP contribution in [0.5, 0.6) is 11.5 Å². The molecule has 0 spiro atoms. The summed E-state index contributed by atoms with van der Waals surface area (Å²) in [5.41, 5.74) is 4.57. The number of anilines is 1. The Kier molecular flexibility index (Phi) is 5.66. The molecule has 0 aliphatic carbocycles. The zero-order chi connectivity index (χ0) is 20.9. The summed E-state index contributed by atoms with van der Waals surface area (Å²) in [7, 11) is 3.16. The Morgan fingerprint density at radius 1 is 1.00 bits per heavy atom. The monoisotopic (exact) mass is 401 g/mol. The van der Waals surface area contributed by atoms with Crippen LogP contribution >= 0.6 is 0 Å². The van der Waals surface area contributed by atoms with Gasteiger partial charge in [0.15, 0.2) is 0 Å². The molecule has 0 radical (unpaired) electrons. The molecule has 6 nitrogen and oxygen atoms in total. The Morgan fingerprint density at radius 2 is 1.83 bits per heavy atom. The van der Waals surface area contributed by atoms with Gasteiger partial charge in [-0.25, -0.2) is 4.98 Å². The molecule has 6 heteroatoms. The molecule has 2 N–H and O–H groups in total. The van der Waals surface area contributed by atoms with Crippen LogP contribution in [-0.2, 0) is 11.2 Å². The molecule has 4 rings (SSSR count). The fraction of sp³-hybridized carbons (Fsp3) is 0.167. The van der Waals surface area contributed by atoms with Gasteiger partial charge in [-0.05, 0) is 36.2 Å². The summed E-state index contributed by atoms with van der Waals surface area (Å²) in [5.74, 6) is 2.00. The molecule has 152 valence electrons. The van der Waals surface area contributed by atoms with Gasteiger partial charge in [0.2, 0.25) is 5.91 Å². The third kappa shape index (κ3) is 4.27. The van der Waals surface area contributed by atoms with Crippen molar-refractivity contribution in [2.75, 3.05) is 19.5 Å². The number of imidazole rings is 1. The minimum atomic E-state index is -0.0868. The third-order valence-electron chi connectivity index (χ3n) is 4.91. The lowest BCUT2D eigenvalue weighted by Crippen LogP contribution is -2.13. The van der Waals surface area contributed by atoms with Crippen molar-refractivity contribution in [3.8, 4) is 22.9 Å². The van der Waals surface area contributed by atoms with Crippen molar-refractivity contribution >= 4 is 22.6 Å². The smallest absolute Gasteiger partial charge is 0.224 e. The van der Waals surface area contributed by atoms with Crippen molar-refractivity contribution in [1.29, 1.82) is 0 Å². The summed E-state index contributed by atoms with van der Waals surface area (Å²) < 4.78 is 10.5. The first-order valence-corrected chi connectivity index (χ1v) is 9.72. The standard InChI is InChI=1S/C24H23N3O3/c1-29-18-10-12-22(30-2)21(15-18)25-23(28)13-9-16-8-11-19-20(14-16)27-24(26-19)17-6-4-3-5-7-17/h3-8,10-12,14-15H,9,13H2,1-2H3,(H,25,28)(H,26,27). The Labute approximate surface area is 174 Å². The van der Waals surface area contributed by atoms with Gasteiger partial charge >= 0.3 is 0 Å². The highest BCUT2D eigenvalue weighted by atomic mass is 16.5. The van der Waals surface area contributed by atoms with E-state index in [0.717, 1.165) is 28.0 Å². The van der Waals surface area contributed by atoms with Gasteiger partial charge in [-0.15, -0.1) is 0 Å². The quantitative estimate of drug-likeness (QED) is 0.466. The number of ether oxygens (including phenoxy) is 2. The van der Waals surface area contributed by atoms with E-state index in [-0.39, 0.29) is 5.91 Å². The number of H-pyrrole nitrogens is 1. The lowest BCUT2D eigenvalue weighted by Gasteiger charge is -2.11. The maximum Gasteiger partial charge on any atom is 0.224 e. The van der Waals surface area contributed by atoms with Gasteiger partial charge in [-0.1, -0.05) is 36.4 Å². The third-order valence-corrected chi connectivity index (χ3v) is 4.91. The van der Waals surface area contributed by atoms with Crippen molar-refractivity contribution in [1.82, 2.24) is 9.97 Å². The van der Waals surface area contributed by atoms with Crippen LogP contribution in [0, 0.1) is 0 Å². The lowest BCUT2D eigenvalue weighted by atomic mass is 10.1. The van der Waals surface area contributed by atoms with Gasteiger partial charge in [-0.2, -0.15) is 0 Å². The number of nitrogens with zero attached hydrogens (tertiary/aromatic N) is 1. The highest BCUT2D eigenvalue weighted by molar-refractivity contribution is 5.92. The first-order valence-electron chi connectivity index (χ1n) is 9.72. The largest absolute Gasteiger partial charge is 0.497 e. The van der Waals surface area contributed by atoms with Crippen molar-refractivity contribution in [2.45, 2.75) is 12.8 Å². The van der Waals surface area contributed by atoms with Crippen molar-refractivity contribution < 1.29 is 14.3 Å². The van der Waals surface area contributed by atoms with E-state index in [2.05, 4.69) is 15.3 Å². The normalized spacial score (nSPS) is 10.7. The minimum absolute atomic E-state index is 0.0868. The summed E-state index contributed by atoms with van der Waals surface area (Å²) in [6.45, 7) is 0. The number of carbonyl (C=O) groups excluding carboxylic acids is 1. The highest BCUT2D eigenvalue weighted by Gasteiger charge is 2.11. The van der Waals surface area contributed by atoms with Crippen LogP contribution in [0.1, 0.15) is 12.0 Å². The number of rotatable bonds is 7. The number of nitrogens with one attached hydrogen (secondary N) is 2. The maximum absolute atomic E-state index is 12.5. The van der Waals surface area contributed by atoms with E-state index in [9.17, 15) is 4.79 Å². The molecular weight excluding hydrogens is 378 g/mol. The summed E-state index contributed by atoms with van der Waals surface area (Å²) in [4.78, 5) is 20.5. The Hall–Kier alpha value is -3.80. The molecular formula is C24H23N3O3. The van der Waals surface area contributed by atoms with Crippen molar-refractivity contribution in [2.24, 2.45) is 0 Å². The molecule has 0 unspecified atom stereocenters. The molecule has 1 heterocycles. The summed E-state index contributed by atoms with van der Waals surface area (Å²) in [6, 6.07) is 21.4. The number of fused-ring (bicyclic) bond motifs is 1. The number of aromatic nitrogens is 2.